The largest absolute Gasteiger partial charge is 0.497 e. The van der Waals surface area contributed by atoms with Gasteiger partial charge in [-0.15, -0.1) is 0 Å². The van der Waals surface area contributed by atoms with Crippen molar-refractivity contribution in [3.63, 3.8) is 0 Å². The second-order valence-electron chi connectivity index (χ2n) is 9.51. The van der Waals surface area contributed by atoms with Gasteiger partial charge in [-0.05, 0) is 48.1 Å². The van der Waals surface area contributed by atoms with Crippen LogP contribution in [-0.4, -0.2) is 39.9 Å². The Morgan fingerprint density at radius 1 is 1.09 bits per heavy atom. The number of methoxy groups -OCH3 is 1. The Kier molecular flexibility index (Phi) is 5.90. The first-order valence-electron chi connectivity index (χ1n) is 11.4. The lowest BCUT2D eigenvalue weighted by atomic mass is 9.83. The number of benzene rings is 2. The van der Waals surface area contributed by atoms with E-state index < -0.39 is 5.82 Å². The van der Waals surface area contributed by atoms with Gasteiger partial charge in [0.2, 0.25) is 0 Å². The summed E-state index contributed by atoms with van der Waals surface area (Å²) in [6, 6.07) is 12.7. The number of halogens is 2. The summed E-state index contributed by atoms with van der Waals surface area (Å²) in [5, 5.41) is 4.80. The van der Waals surface area contributed by atoms with Crippen LogP contribution in [0.25, 0.3) is 22.4 Å². The van der Waals surface area contributed by atoms with Crippen molar-refractivity contribution in [1.82, 2.24) is 19.7 Å². The van der Waals surface area contributed by atoms with E-state index in [-0.39, 0.29) is 5.02 Å². The van der Waals surface area contributed by atoms with E-state index in [2.05, 4.69) is 18.7 Å². The van der Waals surface area contributed by atoms with Crippen molar-refractivity contribution in [2.75, 3.05) is 25.1 Å². The predicted molar refractivity (Wildman–Crippen MR) is 133 cm³/mol. The summed E-state index contributed by atoms with van der Waals surface area (Å²) in [5.41, 5.74) is 3.27. The molecule has 0 radical (unpaired) electrons. The molecular formula is C26H27ClFN5O. The highest BCUT2D eigenvalue weighted by Gasteiger charge is 2.27. The lowest BCUT2D eigenvalue weighted by Gasteiger charge is -2.37. The van der Waals surface area contributed by atoms with Crippen LogP contribution in [0.2, 0.25) is 5.02 Å². The molecule has 8 heteroatoms. The first-order valence-corrected chi connectivity index (χ1v) is 11.8. The first-order chi connectivity index (χ1) is 16.3. The molecule has 1 fully saturated rings. The van der Waals surface area contributed by atoms with Gasteiger partial charge in [0.05, 0.1) is 24.9 Å². The molecule has 6 nitrogen and oxygen atoms in total. The number of nitrogens with zero attached hydrogens (tertiary/aromatic N) is 5. The van der Waals surface area contributed by atoms with Gasteiger partial charge in [0.1, 0.15) is 22.8 Å². The van der Waals surface area contributed by atoms with E-state index in [0.29, 0.717) is 34.4 Å². The van der Waals surface area contributed by atoms with Crippen LogP contribution in [0.3, 0.4) is 0 Å². The molecule has 0 saturated carbocycles. The molecule has 34 heavy (non-hydrogen) atoms. The Balaban J connectivity index is 1.59. The highest BCUT2D eigenvalue weighted by Crippen LogP contribution is 2.34. The van der Waals surface area contributed by atoms with Crippen LogP contribution in [-0.2, 0) is 6.54 Å². The molecule has 0 aliphatic carbocycles. The Hall–Kier alpha value is -3.19. The fourth-order valence-corrected chi connectivity index (χ4v) is 4.48. The quantitative estimate of drug-likeness (QED) is 0.353. The van der Waals surface area contributed by atoms with Crippen LogP contribution in [0, 0.1) is 11.2 Å². The highest BCUT2D eigenvalue weighted by atomic mass is 35.5. The van der Waals surface area contributed by atoms with E-state index >= 15 is 0 Å². The minimum Gasteiger partial charge on any atom is -0.497 e. The Morgan fingerprint density at radius 2 is 1.82 bits per heavy atom. The van der Waals surface area contributed by atoms with E-state index in [1.165, 1.54) is 6.07 Å². The lowest BCUT2D eigenvalue weighted by Crippen LogP contribution is -2.37. The molecule has 0 amide bonds. The van der Waals surface area contributed by atoms with E-state index in [1.807, 2.05) is 24.3 Å². The molecule has 4 aromatic rings. The molecule has 2 aromatic heterocycles. The molecule has 2 aromatic carbocycles. The van der Waals surface area contributed by atoms with Crippen LogP contribution in [0.15, 0.2) is 48.7 Å². The van der Waals surface area contributed by atoms with Crippen molar-refractivity contribution in [3.05, 3.63) is 65.1 Å². The molecule has 0 bridgehead atoms. The molecule has 1 aliphatic heterocycles. The molecular weight excluding hydrogens is 453 g/mol. The van der Waals surface area contributed by atoms with Crippen LogP contribution in [0.4, 0.5) is 10.2 Å². The molecule has 0 spiro atoms. The fourth-order valence-electron chi connectivity index (χ4n) is 4.31. The monoisotopic (exact) mass is 479 g/mol. The first kappa shape index (κ1) is 22.6. The van der Waals surface area contributed by atoms with Crippen LogP contribution < -0.4 is 9.64 Å². The SMILES string of the molecule is COc1ccc(Cn2nc(-c3cccc(Cl)c3F)c3ncc(N4CCC(C)(C)CC4)nc32)cc1. The van der Waals surface area contributed by atoms with Crippen LogP contribution in [0.5, 0.6) is 5.75 Å². The molecule has 1 saturated heterocycles. The van der Waals surface area contributed by atoms with Gasteiger partial charge in [-0.25, -0.2) is 19.0 Å². The maximum atomic E-state index is 14.9. The van der Waals surface area contributed by atoms with E-state index in [1.54, 1.807) is 30.1 Å². The van der Waals surface area contributed by atoms with Crippen molar-refractivity contribution in [1.29, 1.82) is 0 Å². The zero-order chi connectivity index (χ0) is 23.9. The number of fused-ring (bicyclic) bond motifs is 1. The molecule has 0 N–H and O–H groups in total. The van der Waals surface area contributed by atoms with E-state index in [0.717, 1.165) is 43.1 Å². The molecule has 0 unspecified atom stereocenters. The van der Waals surface area contributed by atoms with Gasteiger partial charge in [-0.2, -0.15) is 5.10 Å². The third-order valence-corrected chi connectivity index (χ3v) is 6.86. The predicted octanol–water partition coefficient (Wildman–Crippen LogP) is 5.97. The normalized spacial score (nSPS) is 15.6. The van der Waals surface area contributed by atoms with Gasteiger partial charge in [0.15, 0.2) is 11.5 Å². The standard InChI is InChI=1S/C26H27ClFN5O/c1-26(2)11-13-32(14-12-26)21-15-29-24-23(19-5-4-6-20(27)22(19)28)31-33(25(24)30-21)16-17-7-9-18(34-3)10-8-17/h4-10,15H,11-14,16H2,1-3H3. The zero-order valence-corrected chi connectivity index (χ0v) is 20.3. The fraction of sp³-hybridized carbons (Fsp3) is 0.346. The molecule has 1 aliphatic rings. The highest BCUT2D eigenvalue weighted by molar-refractivity contribution is 6.31. The number of aromatic nitrogens is 4. The van der Waals surface area contributed by atoms with Gasteiger partial charge in [0, 0.05) is 18.7 Å². The minimum absolute atomic E-state index is 0.0517. The van der Waals surface area contributed by atoms with Crippen molar-refractivity contribution >= 4 is 28.6 Å². The Morgan fingerprint density at radius 3 is 2.53 bits per heavy atom. The Bertz CT molecular complexity index is 1330. The molecule has 5 rings (SSSR count). The summed E-state index contributed by atoms with van der Waals surface area (Å²) >= 11 is 6.07. The number of rotatable bonds is 5. The van der Waals surface area contributed by atoms with Gasteiger partial charge in [0.25, 0.3) is 0 Å². The summed E-state index contributed by atoms with van der Waals surface area (Å²) in [7, 11) is 1.64. The second kappa shape index (κ2) is 8.87. The summed E-state index contributed by atoms with van der Waals surface area (Å²) in [5.74, 6) is 1.09. The van der Waals surface area contributed by atoms with Gasteiger partial charge in [-0.3, -0.25) is 0 Å². The third-order valence-electron chi connectivity index (χ3n) is 6.57. The molecule has 0 atom stereocenters. The lowest BCUT2D eigenvalue weighted by molar-refractivity contribution is 0.279. The maximum absolute atomic E-state index is 14.9. The van der Waals surface area contributed by atoms with E-state index in [9.17, 15) is 4.39 Å². The number of hydrogen-bond donors (Lipinski definition) is 0. The van der Waals surface area contributed by atoms with Crippen molar-refractivity contribution in [3.8, 4) is 17.0 Å². The minimum atomic E-state index is -0.510. The summed E-state index contributed by atoms with van der Waals surface area (Å²) < 4.78 is 22.0. The Labute approximate surface area is 203 Å². The zero-order valence-electron chi connectivity index (χ0n) is 19.6. The second-order valence-corrected chi connectivity index (χ2v) is 9.91. The topological polar surface area (TPSA) is 56.1 Å². The number of ether oxygens (including phenoxy) is 1. The maximum Gasteiger partial charge on any atom is 0.179 e. The summed E-state index contributed by atoms with van der Waals surface area (Å²) in [6.45, 7) is 6.92. The van der Waals surface area contributed by atoms with Crippen molar-refractivity contribution in [2.45, 2.75) is 33.2 Å². The van der Waals surface area contributed by atoms with Crippen LogP contribution >= 0.6 is 11.6 Å². The summed E-state index contributed by atoms with van der Waals surface area (Å²) in [6.07, 6.45) is 3.96. The molecule has 3 heterocycles. The van der Waals surface area contributed by atoms with E-state index in [4.69, 9.17) is 31.4 Å². The van der Waals surface area contributed by atoms with Gasteiger partial charge >= 0.3 is 0 Å². The number of piperidine rings is 1. The average Bonchev–Trinajstić information content (AvgIpc) is 3.18. The molecule has 176 valence electrons. The van der Waals surface area contributed by atoms with Crippen molar-refractivity contribution in [2.24, 2.45) is 5.41 Å². The van der Waals surface area contributed by atoms with Crippen LogP contribution in [0.1, 0.15) is 32.3 Å². The smallest absolute Gasteiger partial charge is 0.179 e. The van der Waals surface area contributed by atoms with Gasteiger partial charge < -0.3 is 9.64 Å². The van der Waals surface area contributed by atoms with Gasteiger partial charge in [-0.1, -0.05) is 43.6 Å². The number of anilines is 1. The third kappa shape index (κ3) is 4.32. The van der Waals surface area contributed by atoms with Crippen molar-refractivity contribution < 1.29 is 9.13 Å². The summed E-state index contributed by atoms with van der Waals surface area (Å²) in [4.78, 5) is 11.9. The number of hydrogen-bond acceptors (Lipinski definition) is 5. The average molecular weight is 480 g/mol.